The van der Waals surface area contributed by atoms with Crippen LogP contribution in [0.1, 0.15) is 20.3 Å². The van der Waals surface area contributed by atoms with E-state index in [1.54, 1.807) is 0 Å². The topological polar surface area (TPSA) is 64.0 Å². The van der Waals surface area contributed by atoms with Crippen LogP contribution in [-0.4, -0.2) is 84.0 Å². The summed E-state index contributed by atoms with van der Waals surface area (Å²) in [6, 6.07) is 0. The molecule has 3 rings (SSSR count). The van der Waals surface area contributed by atoms with Gasteiger partial charge in [0.2, 0.25) is 0 Å². The van der Waals surface area contributed by atoms with Crippen molar-refractivity contribution in [3.8, 4) is 0 Å². The molecule has 3 aliphatic rings. The Kier molecular flexibility index (Phi) is 4.59. The molecule has 134 valence electrons. The Bertz CT molecular complexity index is 578. The minimum atomic E-state index is -0.645. The summed E-state index contributed by atoms with van der Waals surface area (Å²) in [4.78, 5) is 16.0. The first-order chi connectivity index (χ1) is 11.3. The molecule has 2 N–H and O–H groups in total. The summed E-state index contributed by atoms with van der Waals surface area (Å²) < 4.78 is -0.645. The number of piperazine rings is 1. The summed E-state index contributed by atoms with van der Waals surface area (Å²) in [6.45, 7) is 9.71. The van der Waals surface area contributed by atoms with Crippen LogP contribution in [0.4, 0.5) is 0 Å². The molecule has 6 heteroatoms. The fourth-order valence-electron chi connectivity index (χ4n) is 4.25. The molecule has 6 nitrogen and oxygen atoms in total. The van der Waals surface area contributed by atoms with Crippen molar-refractivity contribution < 1.29 is 19.8 Å². The first-order valence-corrected chi connectivity index (χ1v) is 8.88. The number of carbonyl (C=O) groups is 1. The molecule has 2 saturated heterocycles. The summed E-state index contributed by atoms with van der Waals surface area (Å²) >= 11 is 0. The predicted octanol–water partition coefficient (Wildman–Crippen LogP) is 1.39. The lowest BCUT2D eigenvalue weighted by Gasteiger charge is -2.44. The molecule has 0 radical (unpaired) electrons. The number of fused-ring (bicyclic) bond motifs is 1. The normalized spacial score (nSPS) is 35.3. The number of aliphatic hydroxyl groups is 1. The van der Waals surface area contributed by atoms with Crippen molar-refractivity contribution in [1.29, 1.82) is 0 Å². The molecule has 0 aromatic carbocycles. The zero-order valence-corrected chi connectivity index (χ0v) is 15.0. The predicted molar refractivity (Wildman–Crippen MR) is 91.4 cm³/mol. The maximum atomic E-state index is 11.2. The van der Waals surface area contributed by atoms with Crippen LogP contribution in [0.5, 0.6) is 0 Å². The molecule has 1 aliphatic carbocycles. The number of hydrogen-bond donors (Lipinski definition) is 2. The van der Waals surface area contributed by atoms with Gasteiger partial charge in [0.15, 0.2) is 0 Å². The minimum absolute atomic E-state index is 0.179. The average Bonchev–Trinajstić information content (AvgIpc) is 2.90. The highest BCUT2D eigenvalue weighted by molar-refractivity contribution is 5.48. The van der Waals surface area contributed by atoms with Crippen molar-refractivity contribution in [3.05, 3.63) is 23.0 Å². The summed E-state index contributed by atoms with van der Waals surface area (Å²) in [5.74, 6) is 0.671. The van der Waals surface area contributed by atoms with E-state index in [0.717, 1.165) is 50.3 Å². The Morgan fingerprint density at radius 3 is 2.54 bits per heavy atom. The van der Waals surface area contributed by atoms with Gasteiger partial charge in [-0.15, -0.1) is 4.65 Å². The van der Waals surface area contributed by atoms with E-state index in [0.29, 0.717) is 12.2 Å². The summed E-state index contributed by atoms with van der Waals surface area (Å²) in [7, 11) is 2.14. The smallest absolute Gasteiger partial charge is 0.334 e. The zero-order valence-electron chi connectivity index (χ0n) is 15.0. The second-order valence-electron chi connectivity index (χ2n) is 8.06. The molecule has 2 aliphatic heterocycles. The van der Waals surface area contributed by atoms with E-state index in [4.69, 9.17) is 0 Å². The number of likely N-dealkylation sites (tertiary alicyclic amines) is 1. The first-order valence-electron chi connectivity index (χ1n) is 8.88. The fraction of sp³-hybridized carbons (Fsp3) is 0.722. The van der Waals surface area contributed by atoms with E-state index in [2.05, 4.69) is 36.8 Å². The van der Waals surface area contributed by atoms with E-state index in [1.165, 1.54) is 0 Å². The Morgan fingerprint density at radius 1 is 1.29 bits per heavy atom. The molecular formula is C18H30N3O3+. The van der Waals surface area contributed by atoms with Crippen LogP contribution in [0, 0.1) is 11.3 Å². The number of hydrogen-bond acceptors (Lipinski definition) is 5. The summed E-state index contributed by atoms with van der Waals surface area (Å²) in [6.07, 6.45) is 3.46. The average molecular weight is 336 g/mol. The molecule has 0 saturated carbocycles. The highest BCUT2D eigenvalue weighted by Crippen LogP contribution is 2.47. The lowest BCUT2D eigenvalue weighted by Crippen LogP contribution is -2.51. The van der Waals surface area contributed by atoms with Crippen molar-refractivity contribution in [1.82, 2.24) is 9.80 Å². The van der Waals surface area contributed by atoms with Gasteiger partial charge in [0.1, 0.15) is 18.8 Å². The molecule has 0 aromatic heterocycles. The molecule has 0 bridgehead atoms. The number of nitrogens with zero attached hydrogens (tertiary/aromatic N) is 3. The molecule has 24 heavy (non-hydrogen) atoms. The number of allylic oxidation sites excluding steroid dienone is 1. The van der Waals surface area contributed by atoms with Crippen LogP contribution in [0.2, 0.25) is 0 Å². The number of carbonyl (C=O) groups excluding carboxylic acids is 1. The zero-order chi connectivity index (χ0) is 17.5. The highest BCUT2D eigenvalue weighted by Gasteiger charge is 2.49. The second kappa shape index (κ2) is 6.26. The number of rotatable bonds is 4. The molecule has 2 unspecified atom stereocenters. The van der Waals surface area contributed by atoms with Crippen LogP contribution >= 0.6 is 0 Å². The quantitative estimate of drug-likeness (QED) is 0.461. The van der Waals surface area contributed by atoms with Crippen LogP contribution in [0.15, 0.2) is 23.0 Å². The number of aliphatic hydroxyl groups excluding tert-OH is 1. The number of amides is 1. The number of quaternary nitrogens is 1. The van der Waals surface area contributed by atoms with Gasteiger partial charge < -0.3 is 10.0 Å². The molecule has 2 fully saturated rings. The van der Waals surface area contributed by atoms with Gasteiger partial charge in [-0.1, -0.05) is 19.9 Å². The van der Waals surface area contributed by atoms with Crippen molar-refractivity contribution in [3.63, 3.8) is 0 Å². The van der Waals surface area contributed by atoms with Crippen LogP contribution in [0.25, 0.3) is 0 Å². The van der Waals surface area contributed by atoms with Gasteiger partial charge >= 0.3 is 6.41 Å². The van der Waals surface area contributed by atoms with Gasteiger partial charge in [0.05, 0.1) is 5.57 Å². The van der Waals surface area contributed by atoms with Crippen molar-refractivity contribution in [2.45, 2.75) is 20.3 Å². The third-order valence-corrected chi connectivity index (χ3v) is 6.14. The van der Waals surface area contributed by atoms with Gasteiger partial charge in [-0.2, -0.15) is 0 Å². The van der Waals surface area contributed by atoms with Crippen molar-refractivity contribution >= 4 is 6.41 Å². The Hall–Kier alpha value is -1.21. The van der Waals surface area contributed by atoms with E-state index >= 15 is 0 Å². The second-order valence-corrected chi connectivity index (χ2v) is 8.06. The molecular weight excluding hydrogens is 306 g/mol. The maximum absolute atomic E-state index is 11.2. The van der Waals surface area contributed by atoms with Gasteiger partial charge in [-0.25, -0.2) is 10.0 Å². The molecule has 0 aromatic rings. The van der Waals surface area contributed by atoms with E-state index in [1.807, 2.05) is 0 Å². The van der Waals surface area contributed by atoms with Crippen molar-refractivity contribution in [2.24, 2.45) is 11.3 Å². The highest BCUT2D eigenvalue weighted by atomic mass is 16.6. The molecule has 2 heterocycles. The Morgan fingerprint density at radius 2 is 1.96 bits per heavy atom. The summed E-state index contributed by atoms with van der Waals surface area (Å²) in [5, 5.41) is 21.4. The molecule has 0 spiro atoms. The molecule has 2 atom stereocenters. The van der Waals surface area contributed by atoms with E-state index < -0.39 is 4.65 Å². The maximum Gasteiger partial charge on any atom is 0.334 e. The SMILES string of the molecule is CC(C)C1(CN2CCN(C)CC2)CC=C2C[N+](O)(C=O)CC2=C1O. The lowest BCUT2D eigenvalue weighted by molar-refractivity contribution is -1.02. The third kappa shape index (κ3) is 2.92. The van der Waals surface area contributed by atoms with E-state index in [-0.39, 0.29) is 24.4 Å². The minimum Gasteiger partial charge on any atom is -0.511 e. The largest absolute Gasteiger partial charge is 0.511 e. The first kappa shape index (κ1) is 17.6. The fourth-order valence-corrected chi connectivity index (χ4v) is 4.25. The van der Waals surface area contributed by atoms with Gasteiger partial charge in [-0.3, -0.25) is 4.90 Å². The van der Waals surface area contributed by atoms with Gasteiger partial charge in [0.25, 0.3) is 0 Å². The van der Waals surface area contributed by atoms with Crippen LogP contribution < -0.4 is 0 Å². The lowest BCUT2D eigenvalue weighted by atomic mass is 9.68. The number of likely N-dealkylation sites (N-methyl/N-ethyl adjacent to an activating group) is 1. The number of hydroxylamine groups is 3. The molecule has 1 amide bonds. The Labute approximate surface area is 144 Å². The van der Waals surface area contributed by atoms with E-state index in [9.17, 15) is 15.1 Å². The van der Waals surface area contributed by atoms with Crippen LogP contribution in [-0.2, 0) is 4.79 Å². The summed E-state index contributed by atoms with van der Waals surface area (Å²) in [5.41, 5.74) is 1.38. The third-order valence-electron chi connectivity index (χ3n) is 6.14. The monoisotopic (exact) mass is 336 g/mol. The van der Waals surface area contributed by atoms with Crippen molar-refractivity contribution in [2.75, 3.05) is 52.9 Å². The van der Waals surface area contributed by atoms with Gasteiger partial charge in [-0.05, 0) is 19.4 Å². The Balaban J connectivity index is 1.88. The van der Waals surface area contributed by atoms with Crippen LogP contribution in [0.3, 0.4) is 0 Å². The van der Waals surface area contributed by atoms with Gasteiger partial charge in [0, 0.05) is 43.7 Å². The standard InChI is InChI=1S/C18H29N3O3/c1-14(2)18(12-20-8-6-19(3)7-9-20)5-4-15-10-21(24,13-22)11-16(15)17(18)23/h4,13-14,24H,5-12H2,1-3H3/p+1.